The van der Waals surface area contributed by atoms with E-state index in [1.165, 1.54) is 78.9 Å². The van der Waals surface area contributed by atoms with Crippen LogP contribution in [0.4, 0.5) is 0 Å². The molecule has 0 atom stereocenters. The molecule has 7 rings (SSSR count). The Morgan fingerprint density at radius 2 is 1.48 bits per heavy atom. The Labute approximate surface area is 303 Å². The van der Waals surface area contributed by atoms with Gasteiger partial charge in [0.05, 0.1) is 0 Å². The van der Waals surface area contributed by atoms with Crippen molar-refractivity contribution in [3.8, 4) is 11.3 Å². The Hall–Kier alpha value is -3.37. The van der Waals surface area contributed by atoms with Crippen LogP contribution < -0.4 is 0 Å². The number of thiophene rings is 1. The molecule has 0 aliphatic heterocycles. The fourth-order valence-corrected chi connectivity index (χ4v) is 8.35. The summed E-state index contributed by atoms with van der Waals surface area (Å²) in [4.78, 5) is 15.2. The molecule has 1 radical (unpaired) electrons. The maximum Gasteiger partial charge on any atom is 0.151 e. The van der Waals surface area contributed by atoms with Gasteiger partial charge in [-0.1, -0.05) is 96.7 Å². The summed E-state index contributed by atoms with van der Waals surface area (Å²) in [7, 11) is 1.66. The fraction of sp³-hybridized carbons (Fsp3) is 0.349. The smallest absolute Gasteiger partial charge is 0.151 e. The van der Waals surface area contributed by atoms with E-state index in [4.69, 9.17) is 4.98 Å². The molecule has 0 N–H and O–H groups in total. The summed E-state index contributed by atoms with van der Waals surface area (Å²) in [6.07, 6.45) is 5.95. The van der Waals surface area contributed by atoms with Gasteiger partial charge < -0.3 is 5.32 Å². The molecule has 2 aromatic heterocycles. The number of ketones is 1. The Balaban J connectivity index is 0.000000448. The SMILES string of the molecule is CC(C)(C)c1cc(-c2nccc3c2ccc2c4cc5c(cc4sc32)C(C)(C)CCC5(C)C)[c-]c2ccccc12.C[N-]/C(C)=C\C(C)=O.[Ir]. The molecule has 1 aliphatic carbocycles. The molecule has 5 heteroatoms. The van der Waals surface area contributed by atoms with Gasteiger partial charge in [-0.05, 0) is 82.2 Å². The van der Waals surface area contributed by atoms with Gasteiger partial charge >= 0.3 is 0 Å². The zero-order valence-electron chi connectivity index (χ0n) is 29.9. The molecule has 6 aromatic rings. The number of hydrogen-bond acceptors (Lipinski definition) is 3. The maximum atomic E-state index is 10.3. The molecule has 1 aliphatic rings. The summed E-state index contributed by atoms with van der Waals surface area (Å²) in [6.45, 7) is 19.8. The topological polar surface area (TPSA) is 44.1 Å². The monoisotopic (exact) mass is 831 g/mol. The zero-order chi connectivity index (χ0) is 33.9. The minimum atomic E-state index is 0. The predicted molar refractivity (Wildman–Crippen MR) is 204 cm³/mol. The standard InChI is InChI=1S/C37H36NS.C6H11NO.Ir/c1-35(2,3)29-19-23(18-22-10-8-9-11-24(22)29)33-25-12-13-26-28-20-30-31(37(6,7)16-15-36(30,4)5)21-32(28)39-34(26)27(25)14-17-38-33;1-5(7-3)4-6(2)8;/h8-14,17,19-21H,15-16H2,1-7H3;4H,1-3H3,(H,7,8);/q-1;;/p-1. The first-order valence-corrected chi connectivity index (χ1v) is 17.5. The summed E-state index contributed by atoms with van der Waals surface area (Å²) < 4.78 is 2.76. The van der Waals surface area contributed by atoms with Gasteiger partial charge in [0, 0.05) is 52.2 Å². The Kier molecular flexibility index (Phi) is 9.85. The van der Waals surface area contributed by atoms with Crippen molar-refractivity contribution in [1.29, 1.82) is 0 Å². The van der Waals surface area contributed by atoms with Crippen LogP contribution in [0.3, 0.4) is 0 Å². The van der Waals surface area contributed by atoms with Crippen LogP contribution in [0.1, 0.15) is 91.8 Å². The summed E-state index contributed by atoms with van der Waals surface area (Å²) in [5.74, 6) is 0.0492. The molecular formula is C43H46IrN2OS-2. The van der Waals surface area contributed by atoms with Crippen LogP contribution in [0.5, 0.6) is 0 Å². The van der Waals surface area contributed by atoms with Crippen LogP contribution >= 0.6 is 11.3 Å². The number of carbonyl (C=O) groups excluding carboxylic acids is 1. The molecule has 0 fully saturated rings. The normalized spacial score (nSPS) is 15.5. The molecule has 251 valence electrons. The third-order valence-electron chi connectivity index (χ3n) is 9.95. The number of pyridine rings is 1. The molecular weight excluding hydrogens is 785 g/mol. The van der Waals surface area contributed by atoms with Gasteiger partial charge in [-0.3, -0.25) is 9.78 Å². The number of nitrogens with zero attached hydrogens (tertiary/aromatic N) is 2. The number of hydrogen-bond donors (Lipinski definition) is 0. The minimum Gasteiger partial charge on any atom is -0.690 e. The van der Waals surface area contributed by atoms with Crippen molar-refractivity contribution >= 4 is 58.8 Å². The van der Waals surface area contributed by atoms with E-state index in [0.29, 0.717) is 0 Å². The molecule has 0 saturated carbocycles. The molecule has 3 nitrogen and oxygen atoms in total. The predicted octanol–water partition coefficient (Wildman–Crippen LogP) is 12.3. The van der Waals surface area contributed by atoms with E-state index < -0.39 is 0 Å². The van der Waals surface area contributed by atoms with Crippen LogP contribution in [0.25, 0.3) is 58.3 Å². The zero-order valence-corrected chi connectivity index (χ0v) is 33.1. The fourth-order valence-electron chi connectivity index (χ4n) is 7.10. The summed E-state index contributed by atoms with van der Waals surface area (Å²) in [5.41, 5.74) is 7.71. The average molecular weight is 831 g/mol. The van der Waals surface area contributed by atoms with Crippen molar-refractivity contribution in [3.63, 3.8) is 0 Å². The van der Waals surface area contributed by atoms with Gasteiger partial charge in [0.15, 0.2) is 5.78 Å². The largest absolute Gasteiger partial charge is 0.690 e. The van der Waals surface area contributed by atoms with E-state index in [1.807, 2.05) is 17.5 Å². The van der Waals surface area contributed by atoms with E-state index in [1.54, 1.807) is 14.0 Å². The number of aromatic nitrogens is 1. The first-order chi connectivity index (χ1) is 22.1. The van der Waals surface area contributed by atoms with Crippen LogP contribution in [0, 0.1) is 6.07 Å². The Morgan fingerprint density at radius 3 is 2.10 bits per heavy atom. The molecule has 0 spiro atoms. The molecule has 0 amide bonds. The number of fused-ring (bicyclic) bond motifs is 7. The maximum absolute atomic E-state index is 10.3. The molecule has 0 bridgehead atoms. The molecule has 2 heterocycles. The van der Waals surface area contributed by atoms with E-state index in [9.17, 15) is 4.79 Å². The minimum absolute atomic E-state index is 0. The summed E-state index contributed by atoms with van der Waals surface area (Å²) in [5, 5.41) is 11.4. The van der Waals surface area contributed by atoms with Crippen molar-refractivity contribution in [2.24, 2.45) is 0 Å². The van der Waals surface area contributed by atoms with E-state index >= 15 is 0 Å². The van der Waals surface area contributed by atoms with Crippen molar-refractivity contribution in [1.82, 2.24) is 4.98 Å². The van der Waals surface area contributed by atoms with Gasteiger partial charge in [0.2, 0.25) is 0 Å². The average Bonchev–Trinajstić information content (AvgIpc) is 3.40. The second-order valence-electron chi connectivity index (χ2n) is 15.5. The number of benzene rings is 4. The molecule has 48 heavy (non-hydrogen) atoms. The quantitative estimate of drug-likeness (QED) is 0.132. The van der Waals surface area contributed by atoms with Crippen molar-refractivity contribution in [2.45, 2.75) is 91.4 Å². The van der Waals surface area contributed by atoms with Crippen molar-refractivity contribution in [3.05, 3.63) is 107 Å². The van der Waals surface area contributed by atoms with Crippen LogP contribution in [-0.2, 0) is 41.1 Å². The molecule has 4 aromatic carbocycles. The third-order valence-corrected chi connectivity index (χ3v) is 11.2. The number of carbonyl (C=O) groups is 1. The van der Waals surface area contributed by atoms with E-state index in [0.717, 1.165) is 22.3 Å². The summed E-state index contributed by atoms with van der Waals surface area (Å²) >= 11 is 1.94. The summed E-state index contributed by atoms with van der Waals surface area (Å²) in [6, 6.07) is 26.5. The number of rotatable bonds is 3. The third kappa shape index (κ3) is 6.62. The van der Waals surface area contributed by atoms with E-state index in [2.05, 4.69) is 121 Å². The van der Waals surface area contributed by atoms with Gasteiger partial charge in [0.1, 0.15) is 0 Å². The van der Waals surface area contributed by atoms with Gasteiger partial charge in [-0.2, -0.15) is 5.70 Å². The molecule has 0 saturated heterocycles. The first kappa shape index (κ1) is 35.9. The van der Waals surface area contributed by atoms with Crippen molar-refractivity contribution < 1.29 is 24.9 Å². The Bertz CT molecular complexity index is 2210. The second-order valence-corrected chi connectivity index (χ2v) is 16.5. The van der Waals surface area contributed by atoms with E-state index in [-0.39, 0.29) is 42.1 Å². The molecule has 0 unspecified atom stereocenters. The van der Waals surface area contributed by atoms with Crippen LogP contribution in [-0.4, -0.2) is 17.8 Å². The van der Waals surface area contributed by atoms with Crippen molar-refractivity contribution in [2.75, 3.05) is 7.05 Å². The van der Waals surface area contributed by atoms with Gasteiger partial charge in [-0.25, -0.2) is 0 Å². The van der Waals surface area contributed by atoms with Crippen LogP contribution in [0.15, 0.2) is 78.6 Å². The number of allylic oxidation sites excluding steroid dienone is 2. The second kappa shape index (κ2) is 13.2. The first-order valence-electron chi connectivity index (χ1n) is 16.6. The van der Waals surface area contributed by atoms with Gasteiger partial charge in [-0.15, -0.1) is 47.5 Å². The Morgan fingerprint density at radius 1 is 0.854 bits per heavy atom. The van der Waals surface area contributed by atoms with Gasteiger partial charge in [0.25, 0.3) is 0 Å². The van der Waals surface area contributed by atoms with Crippen LogP contribution in [0.2, 0.25) is 0 Å².